The molecule has 0 spiro atoms. The van der Waals surface area contributed by atoms with Gasteiger partial charge in [0.15, 0.2) is 5.79 Å². The van der Waals surface area contributed by atoms with E-state index in [0.717, 1.165) is 51.7 Å². The molecule has 1 saturated carbocycles. The Balaban J connectivity index is 2.64. The highest BCUT2D eigenvalue weighted by Crippen LogP contribution is 2.53. The second-order valence-corrected chi connectivity index (χ2v) is 15.7. The van der Waals surface area contributed by atoms with Crippen molar-refractivity contribution >= 4 is 0 Å². The minimum Gasteiger partial charge on any atom is -0.350 e. The van der Waals surface area contributed by atoms with Crippen LogP contribution in [0.3, 0.4) is 0 Å². The average Bonchev–Trinajstić information content (AvgIpc) is 3.91. The largest absolute Gasteiger partial charge is 0.350 e. The second kappa shape index (κ2) is 37.1. The molecule has 0 aliphatic heterocycles. The third-order valence-corrected chi connectivity index (χ3v) is 10.8. The van der Waals surface area contributed by atoms with Crippen LogP contribution >= 0.6 is 0 Å². The van der Waals surface area contributed by atoms with E-state index in [1.165, 1.54) is 193 Å². The molecule has 3 unspecified atom stereocenters. The van der Waals surface area contributed by atoms with E-state index in [0.29, 0.717) is 5.92 Å². The van der Waals surface area contributed by atoms with Crippen molar-refractivity contribution < 1.29 is 9.47 Å². The van der Waals surface area contributed by atoms with Gasteiger partial charge in [0.2, 0.25) is 0 Å². The van der Waals surface area contributed by atoms with Crippen LogP contribution in [0.15, 0.2) is 0 Å². The maximum atomic E-state index is 7.03. The average molecular weight is 709 g/mol. The first kappa shape index (κ1) is 47.8. The molecule has 1 fully saturated rings. The maximum absolute atomic E-state index is 7.03. The number of hydrogen-bond acceptors (Lipinski definition) is 6. The summed E-state index contributed by atoms with van der Waals surface area (Å²) in [6, 6.07) is 0. The summed E-state index contributed by atoms with van der Waals surface area (Å²) in [5.41, 5.74) is 0. The Morgan fingerprint density at radius 1 is 0.400 bits per heavy atom. The Morgan fingerprint density at radius 2 is 0.780 bits per heavy atom. The zero-order valence-corrected chi connectivity index (χ0v) is 34.6. The Kier molecular flexibility index (Phi) is 35.4. The van der Waals surface area contributed by atoms with Gasteiger partial charge in [-0.25, -0.2) is 0 Å². The molecule has 0 bridgehead atoms. The van der Waals surface area contributed by atoms with E-state index in [2.05, 4.69) is 49.0 Å². The zero-order valence-electron chi connectivity index (χ0n) is 34.6. The van der Waals surface area contributed by atoms with E-state index in [1.807, 2.05) is 0 Å². The topological polar surface area (TPSA) is 66.6 Å². The van der Waals surface area contributed by atoms with Crippen LogP contribution in [0.1, 0.15) is 201 Å². The van der Waals surface area contributed by atoms with Crippen LogP contribution in [0.5, 0.6) is 0 Å². The van der Waals surface area contributed by atoms with Crippen molar-refractivity contribution in [2.45, 2.75) is 207 Å². The van der Waals surface area contributed by atoms with Crippen molar-refractivity contribution in [2.75, 3.05) is 65.6 Å². The van der Waals surface area contributed by atoms with Gasteiger partial charge >= 0.3 is 0 Å². The third-order valence-electron chi connectivity index (χ3n) is 10.8. The Hall–Kier alpha value is -0.240. The van der Waals surface area contributed by atoms with Crippen LogP contribution in [0.2, 0.25) is 0 Å². The van der Waals surface area contributed by atoms with Gasteiger partial charge in [-0.05, 0) is 142 Å². The molecule has 0 aromatic carbocycles. The highest BCUT2D eigenvalue weighted by molar-refractivity contribution is 4.97. The van der Waals surface area contributed by atoms with Gasteiger partial charge in [-0.1, -0.05) is 111 Å². The molecule has 1 aliphatic carbocycles. The fraction of sp³-hybridized carbons (Fsp3) is 1.00. The molecule has 4 N–H and O–H groups in total. The fourth-order valence-corrected chi connectivity index (χ4v) is 7.39. The van der Waals surface area contributed by atoms with Gasteiger partial charge in [0.05, 0.1) is 13.2 Å². The van der Waals surface area contributed by atoms with E-state index in [1.54, 1.807) is 0 Å². The zero-order chi connectivity index (χ0) is 36.1. The summed E-state index contributed by atoms with van der Waals surface area (Å²) >= 11 is 0. The summed E-state index contributed by atoms with van der Waals surface area (Å²) in [7, 11) is 0. The number of ether oxygens (including phenoxy) is 2. The summed E-state index contributed by atoms with van der Waals surface area (Å²) in [6.45, 7) is 20.1. The molecule has 0 heterocycles. The van der Waals surface area contributed by atoms with E-state index >= 15 is 0 Å². The first-order valence-electron chi connectivity index (χ1n) is 22.8. The molecule has 3 atom stereocenters. The third kappa shape index (κ3) is 28.3. The predicted molar refractivity (Wildman–Crippen MR) is 220 cm³/mol. The van der Waals surface area contributed by atoms with Gasteiger partial charge in [0.1, 0.15) is 0 Å². The van der Waals surface area contributed by atoms with E-state index in [-0.39, 0.29) is 5.79 Å². The van der Waals surface area contributed by atoms with E-state index in [4.69, 9.17) is 9.47 Å². The van der Waals surface area contributed by atoms with Crippen LogP contribution in [0, 0.1) is 11.8 Å². The van der Waals surface area contributed by atoms with Gasteiger partial charge in [-0.2, -0.15) is 0 Å². The van der Waals surface area contributed by atoms with Crippen molar-refractivity contribution in [2.24, 2.45) is 11.8 Å². The molecule has 0 radical (unpaired) electrons. The number of rotatable bonds is 43. The van der Waals surface area contributed by atoms with E-state index < -0.39 is 0 Å². The molecule has 50 heavy (non-hydrogen) atoms. The monoisotopic (exact) mass is 709 g/mol. The summed E-state index contributed by atoms with van der Waals surface area (Å²) in [5.74, 6) is 1.05. The molecule has 6 nitrogen and oxygen atoms in total. The smallest absolute Gasteiger partial charge is 0.171 e. The SMILES string of the molecule is CCCCNCCCCCCOC(CCCCCCCCNCCC)(OCCCCCCNCCC)C1CC1CCCCCCNCCCC. The van der Waals surface area contributed by atoms with Crippen molar-refractivity contribution in [3.05, 3.63) is 0 Å². The molecule has 300 valence electrons. The maximum Gasteiger partial charge on any atom is 0.171 e. The van der Waals surface area contributed by atoms with Crippen molar-refractivity contribution in [1.82, 2.24) is 21.3 Å². The molecular formula is C44H92N4O2. The molecule has 0 aromatic rings. The number of hydrogen-bond donors (Lipinski definition) is 4. The number of nitrogens with one attached hydrogen (secondary N) is 4. The van der Waals surface area contributed by atoms with Gasteiger partial charge in [0.25, 0.3) is 0 Å². The normalized spacial score (nSPS) is 17.0. The number of unbranched alkanes of at least 4 members (excludes halogenated alkanes) is 16. The molecule has 1 rings (SSSR count). The first-order valence-corrected chi connectivity index (χ1v) is 22.8. The van der Waals surface area contributed by atoms with Crippen LogP contribution in [0.4, 0.5) is 0 Å². The Morgan fingerprint density at radius 3 is 1.24 bits per heavy atom. The highest BCUT2D eigenvalue weighted by atomic mass is 16.7. The summed E-state index contributed by atoms with van der Waals surface area (Å²) in [4.78, 5) is 0. The highest BCUT2D eigenvalue weighted by Gasteiger charge is 2.53. The Labute approximate surface area is 314 Å². The standard InChI is InChI=1S/C44H92N4O2/c1-5-9-33-47-37-24-16-13-21-29-42-41-43(42)44(49-39-27-19-17-25-36-46-32-8-4,30-22-14-11-12-15-23-35-45-31-7-3)50-40-28-20-18-26-38-48-34-10-6-2/h42-43,45-48H,5-41H2,1-4H3. The van der Waals surface area contributed by atoms with Crippen molar-refractivity contribution in [3.63, 3.8) is 0 Å². The van der Waals surface area contributed by atoms with E-state index in [9.17, 15) is 0 Å². The van der Waals surface area contributed by atoms with Crippen LogP contribution in [0.25, 0.3) is 0 Å². The predicted octanol–water partition coefficient (Wildman–Crippen LogP) is 10.9. The minimum atomic E-state index is -0.345. The molecule has 0 amide bonds. The minimum absolute atomic E-state index is 0.345. The molecule has 0 aromatic heterocycles. The van der Waals surface area contributed by atoms with Crippen molar-refractivity contribution in [3.8, 4) is 0 Å². The van der Waals surface area contributed by atoms with Gasteiger partial charge in [-0.3, -0.25) is 0 Å². The molecule has 1 aliphatic rings. The lowest BCUT2D eigenvalue weighted by Crippen LogP contribution is -2.40. The van der Waals surface area contributed by atoms with Crippen LogP contribution in [-0.4, -0.2) is 71.4 Å². The van der Waals surface area contributed by atoms with Crippen LogP contribution in [-0.2, 0) is 9.47 Å². The summed E-state index contributed by atoms with van der Waals surface area (Å²) < 4.78 is 14.0. The lowest BCUT2D eigenvalue weighted by atomic mass is 9.98. The summed E-state index contributed by atoms with van der Waals surface area (Å²) in [5, 5.41) is 14.3. The molecule has 0 saturated heterocycles. The van der Waals surface area contributed by atoms with Crippen molar-refractivity contribution in [1.29, 1.82) is 0 Å². The van der Waals surface area contributed by atoms with Crippen LogP contribution < -0.4 is 21.3 Å². The van der Waals surface area contributed by atoms with Gasteiger partial charge in [0, 0.05) is 12.3 Å². The lowest BCUT2D eigenvalue weighted by molar-refractivity contribution is -0.258. The lowest BCUT2D eigenvalue weighted by Gasteiger charge is -2.35. The first-order chi connectivity index (χ1) is 24.7. The Bertz CT molecular complexity index is 642. The quantitative estimate of drug-likeness (QED) is 0.0374. The van der Waals surface area contributed by atoms with Gasteiger partial charge < -0.3 is 30.7 Å². The fourth-order valence-electron chi connectivity index (χ4n) is 7.39. The summed E-state index contributed by atoms with van der Waals surface area (Å²) in [6.07, 6.45) is 34.8. The van der Waals surface area contributed by atoms with Gasteiger partial charge in [-0.15, -0.1) is 0 Å². The molecule has 6 heteroatoms. The second-order valence-electron chi connectivity index (χ2n) is 15.7. The molecular weight excluding hydrogens is 617 g/mol.